The van der Waals surface area contributed by atoms with Crippen LogP contribution in [0.4, 0.5) is 4.39 Å². The molecule has 1 amide bonds. The largest absolute Gasteiger partial charge is 0.426 e. The molecule has 0 spiro atoms. The maximum absolute atomic E-state index is 12.7. The third-order valence-electron chi connectivity index (χ3n) is 2.51. The van der Waals surface area contributed by atoms with Crippen molar-refractivity contribution in [2.24, 2.45) is 0 Å². The summed E-state index contributed by atoms with van der Waals surface area (Å²) in [6.07, 6.45) is 0.721. The minimum Gasteiger partial charge on any atom is -0.426 e. The summed E-state index contributed by atoms with van der Waals surface area (Å²) in [4.78, 5) is 11.6. The van der Waals surface area contributed by atoms with Crippen molar-refractivity contribution in [2.45, 2.75) is 19.8 Å². The summed E-state index contributed by atoms with van der Waals surface area (Å²) in [5, 5.41) is 10.3. The first-order valence-corrected chi connectivity index (χ1v) is 5.93. The number of carbonyl (C=O) groups is 1. The highest BCUT2D eigenvalue weighted by Crippen LogP contribution is 2.03. The maximum Gasteiger partial charge on any atom is 0.224 e. The Balaban J connectivity index is 1.74. The number of halogens is 1. The summed E-state index contributed by atoms with van der Waals surface area (Å²) in [5.41, 5.74) is 0.771. The van der Waals surface area contributed by atoms with Gasteiger partial charge in [-0.1, -0.05) is 12.1 Å². The summed E-state index contributed by atoms with van der Waals surface area (Å²) in [7, 11) is 0. The van der Waals surface area contributed by atoms with Gasteiger partial charge in [-0.15, -0.1) is 10.2 Å². The average molecular weight is 263 g/mol. The van der Waals surface area contributed by atoms with E-state index in [-0.39, 0.29) is 18.1 Å². The molecule has 0 unspecified atom stereocenters. The third-order valence-corrected chi connectivity index (χ3v) is 2.51. The second-order valence-corrected chi connectivity index (χ2v) is 4.12. The predicted molar refractivity (Wildman–Crippen MR) is 65.9 cm³/mol. The lowest BCUT2D eigenvalue weighted by Crippen LogP contribution is -2.27. The van der Waals surface area contributed by atoms with Crippen molar-refractivity contribution in [3.63, 3.8) is 0 Å². The number of aryl methyl sites for hydroxylation is 1. The third kappa shape index (κ3) is 4.17. The SMILES string of the molecule is Cc1nnc(CCNC(=O)Cc2ccc(F)cc2)o1. The van der Waals surface area contributed by atoms with E-state index in [0.29, 0.717) is 24.7 Å². The molecule has 2 aromatic rings. The smallest absolute Gasteiger partial charge is 0.224 e. The Kier molecular flexibility index (Phi) is 4.22. The molecule has 0 saturated heterocycles. The van der Waals surface area contributed by atoms with Crippen LogP contribution in [0.25, 0.3) is 0 Å². The molecule has 1 aromatic heterocycles. The molecule has 0 aliphatic rings. The second kappa shape index (κ2) is 6.08. The van der Waals surface area contributed by atoms with E-state index >= 15 is 0 Å². The highest BCUT2D eigenvalue weighted by molar-refractivity contribution is 5.78. The Morgan fingerprint density at radius 3 is 2.68 bits per heavy atom. The Morgan fingerprint density at radius 1 is 1.32 bits per heavy atom. The lowest BCUT2D eigenvalue weighted by Gasteiger charge is -2.03. The van der Waals surface area contributed by atoms with Gasteiger partial charge in [-0.25, -0.2) is 4.39 Å². The molecule has 1 heterocycles. The van der Waals surface area contributed by atoms with Crippen LogP contribution in [0.1, 0.15) is 17.3 Å². The average Bonchev–Trinajstić information content (AvgIpc) is 2.78. The Hall–Kier alpha value is -2.24. The van der Waals surface area contributed by atoms with Crippen molar-refractivity contribution in [1.82, 2.24) is 15.5 Å². The van der Waals surface area contributed by atoms with Crippen molar-refractivity contribution >= 4 is 5.91 Å². The number of hydrogen-bond donors (Lipinski definition) is 1. The minimum absolute atomic E-state index is 0.122. The molecule has 6 heteroatoms. The number of benzene rings is 1. The highest BCUT2D eigenvalue weighted by atomic mass is 19.1. The first-order chi connectivity index (χ1) is 9.13. The van der Waals surface area contributed by atoms with Gasteiger partial charge in [-0.2, -0.15) is 0 Å². The van der Waals surface area contributed by atoms with Crippen molar-refractivity contribution in [3.05, 3.63) is 47.4 Å². The molecule has 1 N–H and O–H groups in total. The van der Waals surface area contributed by atoms with Gasteiger partial charge in [0.05, 0.1) is 6.42 Å². The predicted octanol–water partition coefficient (Wildman–Crippen LogP) is 1.42. The van der Waals surface area contributed by atoms with E-state index in [9.17, 15) is 9.18 Å². The maximum atomic E-state index is 12.7. The molecule has 5 nitrogen and oxygen atoms in total. The first kappa shape index (κ1) is 13.2. The number of carbonyl (C=O) groups excluding carboxylic acids is 1. The fourth-order valence-electron chi connectivity index (χ4n) is 1.60. The molecule has 0 aliphatic heterocycles. The van der Waals surface area contributed by atoms with Gasteiger partial charge in [0, 0.05) is 19.9 Å². The summed E-state index contributed by atoms with van der Waals surface area (Å²) in [5.74, 6) is 0.575. The van der Waals surface area contributed by atoms with Crippen molar-refractivity contribution in [3.8, 4) is 0 Å². The topological polar surface area (TPSA) is 68.0 Å². The first-order valence-electron chi connectivity index (χ1n) is 5.93. The summed E-state index contributed by atoms with van der Waals surface area (Å²) in [6, 6.07) is 5.86. The number of rotatable bonds is 5. The lowest BCUT2D eigenvalue weighted by atomic mass is 10.1. The molecular weight excluding hydrogens is 249 g/mol. The van der Waals surface area contributed by atoms with Gasteiger partial charge in [0.15, 0.2) is 0 Å². The monoisotopic (exact) mass is 263 g/mol. The molecule has 100 valence electrons. The van der Waals surface area contributed by atoms with Gasteiger partial charge < -0.3 is 9.73 Å². The number of hydrogen-bond acceptors (Lipinski definition) is 4. The summed E-state index contributed by atoms with van der Waals surface area (Å²) >= 11 is 0. The van der Waals surface area contributed by atoms with Crippen LogP contribution >= 0.6 is 0 Å². The van der Waals surface area contributed by atoms with E-state index in [4.69, 9.17) is 4.42 Å². The summed E-state index contributed by atoms with van der Waals surface area (Å²) < 4.78 is 17.9. The fraction of sp³-hybridized carbons (Fsp3) is 0.308. The van der Waals surface area contributed by atoms with E-state index < -0.39 is 0 Å². The summed E-state index contributed by atoms with van der Waals surface area (Å²) in [6.45, 7) is 2.14. The molecule has 0 atom stereocenters. The number of amides is 1. The van der Waals surface area contributed by atoms with Gasteiger partial charge in [0.25, 0.3) is 0 Å². The molecule has 0 fully saturated rings. The quantitative estimate of drug-likeness (QED) is 0.885. The lowest BCUT2D eigenvalue weighted by molar-refractivity contribution is -0.120. The highest BCUT2D eigenvalue weighted by Gasteiger charge is 2.05. The van der Waals surface area contributed by atoms with Crippen LogP contribution in [0.3, 0.4) is 0 Å². The van der Waals surface area contributed by atoms with Crippen LogP contribution in [-0.4, -0.2) is 22.6 Å². The van der Waals surface area contributed by atoms with Crippen LogP contribution in [0.5, 0.6) is 0 Å². The van der Waals surface area contributed by atoms with Gasteiger partial charge in [0.2, 0.25) is 17.7 Å². The number of nitrogens with one attached hydrogen (secondary N) is 1. The molecule has 0 aliphatic carbocycles. The van der Waals surface area contributed by atoms with Gasteiger partial charge in [0.1, 0.15) is 5.82 Å². The number of aromatic nitrogens is 2. The van der Waals surface area contributed by atoms with Crippen molar-refractivity contribution < 1.29 is 13.6 Å². The zero-order chi connectivity index (χ0) is 13.7. The Labute approximate surface area is 109 Å². The van der Waals surface area contributed by atoms with Crippen LogP contribution in [0, 0.1) is 12.7 Å². The van der Waals surface area contributed by atoms with E-state index in [1.807, 2.05) is 0 Å². The van der Waals surface area contributed by atoms with E-state index in [1.54, 1.807) is 19.1 Å². The van der Waals surface area contributed by atoms with Crippen LogP contribution < -0.4 is 5.32 Å². The van der Waals surface area contributed by atoms with Gasteiger partial charge in [-0.3, -0.25) is 4.79 Å². The molecular formula is C13H14FN3O2. The molecule has 0 radical (unpaired) electrons. The normalized spacial score (nSPS) is 10.4. The molecule has 0 saturated carbocycles. The van der Waals surface area contributed by atoms with Crippen LogP contribution in [-0.2, 0) is 17.6 Å². The zero-order valence-electron chi connectivity index (χ0n) is 10.5. The molecule has 1 aromatic carbocycles. The van der Waals surface area contributed by atoms with E-state index in [2.05, 4.69) is 15.5 Å². The van der Waals surface area contributed by atoms with Gasteiger partial charge >= 0.3 is 0 Å². The van der Waals surface area contributed by atoms with Crippen LogP contribution in [0.2, 0.25) is 0 Å². The Bertz CT molecular complexity index is 551. The number of nitrogens with zero attached hydrogens (tertiary/aromatic N) is 2. The Morgan fingerprint density at radius 2 is 2.05 bits per heavy atom. The van der Waals surface area contributed by atoms with E-state index in [1.165, 1.54) is 12.1 Å². The van der Waals surface area contributed by atoms with Crippen molar-refractivity contribution in [2.75, 3.05) is 6.54 Å². The van der Waals surface area contributed by atoms with Gasteiger partial charge in [-0.05, 0) is 17.7 Å². The second-order valence-electron chi connectivity index (χ2n) is 4.12. The zero-order valence-corrected chi connectivity index (χ0v) is 10.5. The minimum atomic E-state index is -0.309. The fourth-order valence-corrected chi connectivity index (χ4v) is 1.60. The molecule has 2 rings (SSSR count). The van der Waals surface area contributed by atoms with E-state index in [0.717, 1.165) is 5.56 Å². The van der Waals surface area contributed by atoms with Crippen LogP contribution in [0.15, 0.2) is 28.7 Å². The van der Waals surface area contributed by atoms with Crippen molar-refractivity contribution in [1.29, 1.82) is 0 Å². The standard InChI is InChI=1S/C13H14FN3O2/c1-9-16-17-13(19-9)6-7-15-12(18)8-10-2-4-11(14)5-3-10/h2-5H,6-8H2,1H3,(H,15,18). The molecule has 0 bridgehead atoms. The molecule has 19 heavy (non-hydrogen) atoms.